The van der Waals surface area contributed by atoms with E-state index in [-0.39, 0.29) is 50.8 Å². The largest absolute Gasteiger partial charge is 0.337 e. The summed E-state index contributed by atoms with van der Waals surface area (Å²) in [7, 11) is 7.48. The topological polar surface area (TPSA) is 159 Å². The summed E-state index contributed by atoms with van der Waals surface area (Å²) in [5.74, 6) is -1.64. The Morgan fingerprint density at radius 2 is 1.19 bits per heavy atom. The number of hydrogen-bond acceptors (Lipinski definition) is 7. The molecular formula is C19H34N8O5. The second-order valence-corrected chi connectivity index (χ2v) is 7.48. The summed E-state index contributed by atoms with van der Waals surface area (Å²) in [4.78, 5) is 68.1. The Balaban J connectivity index is 4.44. The molecule has 0 unspecified atom stereocenters. The minimum absolute atomic E-state index is 0.0756. The van der Waals surface area contributed by atoms with E-state index in [1.54, 1.807) is 7.05 Å². The molecule has 0 bridgehead atoms. The number of hydrogen-bond donors (Lipinski definition) is 1. The van der Waals surface area contributed by atoms with E-state index in [1.807, 2.05) is 0 Å². The van der Waals surface area contributed by atoms with Gasteiger partial charge in [0.05, 0.1) is 32.7 Å². The first-order valence-corrected chi connectivity index (χ1v) is 10.2. The van der Waals surface area contributed by atoms with Gasteiger partial charge >= 0.3 is 0 Å². The first-order valence-electron chi connectivity index (χ1n) is 10.2. The maximum Gasteiger partial charge on any atom is 0.242 e. The number of carbonyl (C=O) groups excluding carboxylic acids is 5. The van der Waals surface area contributed by atoms with Crippen LogP contribution in [0.25, 0.3) is 10.4 Å². The van der Waals surface area contributed by atoms with Gasteiger partial charge in [0.25, 0.3) is 0 Å². The molecule has 1 N–H and O–H groups in total. The van der Waals surface area contributed by atoms with Crippen molar-refractivity contribution in [2.45, 2.75) is 19.3 Å². The van der Waals surface area contributed by atoms with Gasteiger partial charge in [0.1, 0.15) is 0 Å². The fourth-order valence-electron chi connectivity index (χ4n) is 2.50. The summed E-state index contributed by atoms with van der Waals surface area (Å²) in [5, 5.41) is 6.09. The standard InChI is InChI=1S/C19H34N8O5/c1-21-10-16(29)25(3)12-18(31)27(5)14-19(32)26(4)13-17(30)24(2)11-15(28)8-6-7-9-22-23-20/h21H,6-14H2,1-5H3. The minimum Gasteiger partial charge on any atom is -0.337 e. The number of amides is 4. The van der Waals surface area contributed by atoms with E-state index in [9.17, 15) is 24.0 Å². The number of Topliss-reactive ketones (excluding diaryl/α,β-unsaturated/α-hetero) is 1. The van der Waals surface area contributed by atoms with Crippen molar-refractivity contribution in [2.75, 3.05) is 74.5 Å². The number of unbranched alkanes of at least 4 members (excludes halogenated alkanes) is 1. The van der Waals surface area contributed by atoms with Crippen LogP contribution in [0, 0.1) is 0 Å². The quantitative estimate of drug-likeness (QED) is 0.146. The molecule has 180 valence electrons. The molecule has 0 heterocycles. The Labute approximate surface area is 188 Å². The minimum atomic E-state index is -0.448. The highest BCUT2D eigenvalue weighted by Gasteiger charge is 2.21. The van der Waals surface area contributed by atoms with Crippen molar-refractivity contribution in [1.29, 1.82) is 0 Å². The highest BCUT2D eigenvalue weighted by atomic mass is 16.2. The van der Waals surface area contributed by atoms with Gasteiger partial charge in [-0.1, -0.05) is 5.11 Å². The van der Waals surface area contributed by atoms with Crippen molar-refractivity contribution in [3.8, 4) is 0 Å². The van der Waals surface area contributed by atoms with Crippen LogP contribution in [0.3, 0.4) is 0 Å². The molecule has 0 fully saturated rings. The van der Waals surface area contributed by atoms with Crippen LogP contribution in [0.15, 0.2) is 5.11 Å². The van der Waals surface area contributed by atoms with Gasteiger partial charge in [0.15, 0.2) is 5.78 Å². The monoisotopic (exact) mass is 454 g/mol. The Hall–Kier alpha value is -3.18. The molecule has 0 spiro atoms. The Bertz CT molecular complexity index is 723. The second-order valence-electron chi connectivity index (χ2n) is 7.48. The average molecular weight is 455 g/mol. The third kappa shape index (κ3) is 11.9. The number of carbonyl (C=O) groups is 5. The molecule has 0 aliphatic rings. The van der Waals surface area contributed by atoms with Gasteiger partial charge in [0, 0.05) is 46.1 Å². The van der Waals surface area contributed by atoms with Gasteiger partial charge in [-0.05, 0) is 25.4 Å². The number of azide groups is 1. The molecule has 0 aliphatic heterocycles. The maximum atomic E-state index is 12.4. The number of likely N-dealkylation sites (N-methyl/N-ethyl adjacent to an activating group) is 5. The van der Waals surface area contributed by atoms with E-state index in [0.717, 1.165) is 0 Å². The van der Waals surface area contributed by atoms with Crippen LogP contribution in [-0.2, 0) is 24.0 Å². The van der Waals surface area contributed by atoms with Crippen molar-refractivity contribution >= 4 is 29.4 Å². The van der Waals surface area contributed by atoms with E-state index in [0.29, 0.717) is 19.4 Å². The molecule has 0 radical (unpaired) electrons. The molecule has 0 aromatic rings. The van der Waals surface area contributed by atoms with Gasteiger partial charge in [-0.2, -0.15) is 0 Å². The van der Waals surface area contributed by atoms with Gasteiger partial charge in [-0.15, -0.1) is 0 Å². The molecule has 0 aromatic heterocycles. The first-order chi connectivity index (χ1) is 15.0. The van der Waals surface area contributed by atoms with Crippen LogP contribution < -0.4 is 5.32 Å². The summed E-state index contributed by atoms with van der Waals surface area (Å²) in [6.45, 7) is -0.297. The first kappa shape index (κ1) is 28.8. The van der Waals surface area contributed by atoms with Gasteiger partial charge < -0.3 is 24.9 Å². The lowest BCUT2D eigenvalue weighted by Crippen LogP contribution is -2.47. The van der Waals surface area contributed by atoms with Gasteiger partial charge in [0.2, 0.25) is 23.6 Å². The molecule has 4 amide bonds. The number of nitrogens with one attached hydrogen (secondary N) is 1. The smallest absolute Gasteiger partial charge is 0.242 e. The third-order valence-corrected chi connectivity index (χ3v) is 4.59. The van der Waals surface area contributed by atoms with Crippen LogP contribution in [0.4, 0.5) is 0 Å². The Morgan fingerprint density at radius 1 is 0.750 bits per heavy atom. The summed E-state index contributed by atoms with van der Waals surface area (Å²) in [6, 6.07) is 0. The van der Waals surface area contributed by atoms with E-state index in [4.69, 9.17) is 5.53 Å². The normalized spacial score (nSPS) is 10.0. The van der Waals surface area contributed by atoms with Crippen molar-refractivity contribution in [2.24, 2.45) is 5.11 Å². The van der Waals surface area contributed by atoms with E-state index >= 15 is 0 Å². The lowest BCUT2D eigenvalue weighted by molar-refractivity contribution is -0.144. The lowest BCUT2D eigenvalue weighted by Gasteiger charge is -2.25. The van der Waals surface area contributed by atoms with Crippen LogP contribution in [0.5, 0.6) is 0 Å². The highest BCUT2D eigenvalue weighted by molar-refractivity contribution is 5.91. The molecule has 0 aromatic carbocycles. The molecule has 32 heavy (non-hydrogen) atoms. The van der Waals surface area contributed by atoms with Crippen LogP contribution in [0.1, 0.15) is 19.3 Å². The predicted molar refractivity (Wildman–Crippen MR) is 117 cm³/mol. The van der Waals surface area contributed by atoms with E-state index < -0.39 is 17.7 Å². The Morgan fingerprint density at radius 3 is 1.62 bits per heavy atom. The maximum absolute atomic E-state index is 12.4. The molecule has 0 atom stereocenters. The zero-order chi connectivity index (χ0) is 24.7. The summed E-state index contributed by atoms with van der Waals surface area (Å²) in [5.41, 5.74) is 8.20. The zero-order valence-electron chi connectivity index (χ0n) is 19.5. The van der Waals surface area contributed by atoms with Crippen molar-refractivity contribution < 1.29 is 24.0 Å². The Kier molecular flexibility index (Phi) is 14.0. The zero-order valence-corrected chi connectivity index (χ0v) is 19.5. The molecule has 13 nitrogen and oxygen atoms in total. The summed E-state index contributed by atoms with van der Waals surface area (Å²) in [6.07, 6.45) is 1.43. The van der Waals surface area contributed by atoms with Gasteiger partial charge in [-0.3, -0.25) is 24.0 Å². The molecule has 0 saturated heterocycles. The fourth-order valence-corrected chi connectivity index (χ4v) is 2.50. The van der Waals surface area contributed by atoms with Crippen molar-refractivity contribution in [3.63, 3.8) is 0 Å². The molecule has 0 aliphatic carbocycles. The molecule has 13 heteroatoms. The summed E-state index contributed by atoms with van der Waals surface area (Å²) >= 11 is 0. The van der Waals surface area contributed by atoms with Crippen molar-refractivity contribution in [3.05, 3.63) is 10.4 Å². The van der Waals surface area contributed by atoms with Crippen LogP contribution >= 0.6 is 0 Å². The number of nitrogens with zero attached hydrogens (tertiary/aromatic N) is 7. The predicted octanol–water partition coefficient (Wildman–Crippen LogP) is -0.911. The third-order valence-electron chi connectivity index (χ3n) is 4.59. The fraction of sp³-hybridized carbons (Fsp3) is 0.737. The highest BCUT2D eigenvalue weighted by Crippen LogP contribution is 2.00. The van der Waals surface area contributed by atoms with Crippen LogP contribution in [-0.4, -0.2) is 124 Å². The van der Waals surface area contributed by atoms with E-state index in [2.05, 4.69) is 15.3 Å². The number of ketones is 1. The lowest BCUT2D eigenvalue weighted by atomic mass is 10.1. The molecule has 0 saturated carbocycles. The second kappa shape index (κ2) is 15.6. The average Bonchev–Trinajstić information content (AvgIpc) is 2.73. The SMILES string of the molecule is CNCC(=O)N(C)CC(=O)N(C)CC(=O)N(C)CC(=O)N(C)CC(=O)CCCCN=[N+]=[N-]. The summed E-state index contributed by atoms with van der Waals surface area (Å²) < 4.78 is 0. The molecular weight excluding hydrogens is 420 g/mol. The van der Waals surface area contributed by atoms with Crippen LogP contribution in [0.2, 0.25) is 0 Å². The van der Waals surface area contributed by atoms with Gasteiger partial charge in [-0.25, -0.2) is 0 Å². The van der Waals surface area contributed by atoms with E-state index in [1.165, 1.54) is 47.8 Å². The molecule has 0 rings (SSSR count). The van der Waals surface area contributed by atoms with Crippen molar-refractivity contribution in [1.82, 2.24) is 24.9 Å². The number of rotatable bonds is 15.